The first-order valence-corrected chi connectivity index (χ1v) is 7.79. The fraction of sp³-hybridized carbons (Fsp3) is 0.647. The van der Waals surface area contributed by atoms with Gasteiger partial charge in [-0.05, 0) is 52.5 Å². The van der Waals surface area contributed by atoms with Crippen LogP contribution in [-0.4, -0.2) is 37.6 Å². The van der Waals surface area contributed by atoms with Crippen LogP contribution in [0.5, 0.6) is 0 Å². The monoisotopic (exact) mass is 296 g/mol. The fourth-order valence-electron chi connectivity index (χ4n) is 3.76. The predicted molar refractivity (Wildman–Crippen MR) is 82.4 cm³/mol. The zero-order chi connectivity index (χ0) is 15.5. The van der Waals surface area contributed by atoms with Crippen molar-refractivity contribution in [3.63, 3.8) is 0 Å². The number of halogens is 2. The van der Waals surface area contributed by atoms with Crippen LogP contribution < -0.4 is 5.32 Å². The molecule has 4 heteroatoms. The summed E-state index contributed by atoms with van der Waals surface area (Å²) < 4.78 is 27.9. The predicted octanol–water partition coefficient (Wildman–Crippen LogP) is 3.36. The SMILES string of the molecule is CNC(Cc1c(F)cccc1F)C1(N(C)C)CCCCC1. The number of nitrogens with zero attached hydrogens (tertiary/aromatic N) is 1. The first-order valence-electron chi connectivity index (χ1n) is 7.79. The average molecular weight is 296 g/mol. The van der Waals surface area contributed by atoms with Crippen LogP contribution >= 0.6 is 0 Å². The van der Waals surface area contributed by atoms with Gasteiger partial charge in [-0.15, -0.1) is 0 Å². The lowest BCUT2D eigenvalue weighted by molar-refractivity contribution is 0.0592. The van der Waals surface area contributed by atoms with Crippen LogP contribution in [0.1, 0.15) is 37.7 Å². The van der Waals surface area contributed by atoms with Gasteiger partial charge in [0.2, 0.25) is 0 Å². The molecule has 2 rings (SSSR count). The van der Waals surface area contributed by atoms with Gasteiger partial charge in [0, 0.05) is 17.1 Å². The van der Waals surface area contributed by atoms with Crippen LogP contribution in [0.25, 0.3) is 0 Å². The van der Waals surface area contributed by atoms with Gasteiger partial charge >= 0.3 is 0 Å². The van der Waals surface area contributed by atoms with Crippen LogP contribution in [0, 0.1) is 11.6 Å². The van der Waals surface area contributed by atoms with Crippen molar-refractivity contribution in [1.29, 1.82) is 0 Å². The molecule has 1 saturated carbocycles. The maximum atomic E-state index is 14.0. The summed E-state index contributed by atoms with van der Waals surface area (Å²) in [6, 6.07) is 4.15. The summed E-state index contributed by atoms with van der Waals surface area (Å²) in [5.41, 5.74) is 0.172. The molecule has 0 aliphatic heterocycles. The summed E-state index contributed by atoms with van der Waals surface area (Å²) in [5, 5.41) is 3.32. The third-order valence-corrected chi connectivity index (χ3v) is 5.08. The van der Waals surface area contributed by atoms with Crippen molar-refractivity contribution in [3.05, 3.63) is 35.4 Å². The lowest BCUT2D eigenvalue weighted by Crippen LogP contribution is -2.60. The molecule has 1 unspecified atom stereocenters. The van der Waals surface area contributed by atoms with E-state index >= 15 is 0 Å². The van der Waals surface area contributed by atoms with Gasteiger partial charge in [0.25, 0.3) is 0 Å². The molecule has 1 aromatic carbocycles. The van der Waals surface area contributed by atoms with Gasteiger partial charge in [-0.1, -0.05) is 25.3 Å². The summed E-state index contributed by atoms with van der Waals surface area (Å²) in [6.45, 7) is 0. The molecule has 21 heavy (non-hydrogen) atoms. The Kier molecular flexibility index (Phi) is 5.33. The van der Waals surface area contributed by atoms with Gasteiger partial charge in [-0.25, -0.2) is 8.78 Å². The first kappa shape index (κ1) is 16.4. The molecule has 118 valence electrons. The number of benzene rings is 1. The molecular weight excluding hydrogens is 270 g/mol. The van der Waals surface area contributed by atoms with Gasteiger partial charge in [0.05, 0.1) is 0 Å². The topological polar surface area (TPSA) is 15.3 Å². The molecule has 0 heterocycles. The molecule has 0 bridgehead atoms. The van der Waals surface area contributed by atoms with Crippen molar-refractivity contribution in [3.8, 4) is 0 Å². The quantitative estimate of drug-likeness (QED) is 0.896. The number of hydrogen-bond donors (Lipinski definition) is 1. The largest absolute Gasteiger partial charge is 0.315 e. The minimum absolute atomic E-state index is 0.0261. The highest BCUT2D eigenvalue weighted by Crippen LogP contribution is 2.36. The second-order valence-electron chi connectivity index (χ2n) is 6.30. The van der Waals surface area contributed by atoms with E-state index < -0.39 is 11.6 Å². The Morgan fingerprint density at radius 1 is 1.14 bits per heavy atom. The van der Waals surface area contributed by atoms with Crippen molar-refractivity contribution < 1.29 is 8.78 Å². The Morgan fingerprint density at radius 3 is 2.19 bits per heavy atom. The molecule has 0 saturated heterocycles. The Morgan fingerprint density at radius 2 is 1.71 bits per heavy atom. The lowest BCUT2D eigenvalue weighted by Gasteiger charge is -2.48. The minimum Gasteiger partial charge on any atom is -0.315 e. The Bertz CT molecular complexity index is 448. The van der Waals surface area contributed by atoms with Crippen molar-refractivity contribution in [2.45, 2.75) is 50.1 Å². The molecular formula is C17H26F2N2. The summed E-state index contributed by atoms with van der Waals surface area (Å²) in [4.78, 5) is 2.24. The average Bonchev–Trinajstić information content (AvgIpc) is 2.47. The Labute approximate surface area is 126 Å². The van der Waals surface area contributed by atoms with Gasteiger partial charge in [-0.2, -0.15) is 0 Å². The van der Waals surface area contributed by atoms with Crippen molar-refractivity contribution >= 4 is 0 Å². The van der Waals surface area contributed by atoms with Crippen LogP contribution in [0.3, 0.4) is 0 Å². The van der Waals surface area contributed by atoms with Gasteiger partial charge in [-0.3, -0.25) is 0 Å². The highest BCUT2D eigenvalue weighted by atomic mass is 19.1. The maximum absolute atomic E-state index is 14.0. The van der Waals surface area contributed by atoms with E-state index in [-0.39, 0.29) is 17.1 Å². The Balaban J connectivity index is 2.29. The van der Waals surface area contributed by atoms with Gasteiger partial charge in [0.15, 0.2) is 0 Å². The van der Waals surface area contributed by atoms with Crippen LogP contribution in [-0.2, 0) is 6.42 Å². The second kappa shape index (κ2) is 6.84. The highest BCUT2D eigenvalue weighted by molar-refractivity contribution is 5.22. The third-order valence-electron chi connectivity index (χ3n) is 5.08. The first-order chi connectivity index (χ1) is 10.0. The molecule has 0 aromatic heterocycles. The van der Waals surface area contributed by atoms with E-state index in [9.17, 15) is 8.78 Å². The number of likely N-dealkylation sites (N-methyl/N-ethyl adjacent to an activating group) is 2. The number of hydrogen-bond acceptors (Lipinski definition) is 2. The summed E-state index contributed by atoms with van der Waals surface area (Å²) in [6.07, 6.45) is 6.13. The zero-order valence-electron chi connectivity index (χ0n) is 13.3. The number of nitrogens with one attached hydrogen (secondary N) is 1. The molecule has 0 amide bonds. The smallest absolute Gasteiger partial charge is 0.129 e. The fourth-order valence-corrected chi connectivity index (χ4v) is 3.76. The molecule has 1 fully saturated rings. The van der Waals surface area contributed by atoms with Crippen LogP contribution in [0.2, 0.25) is 0 Å². The van der Waals surface area contributed by atoms with Crippen molar-refractivity contribution in [1.82, 2.24) is 10.2 Å². The molecule has 1 atom stereocenters. The summed E-state index contributed by atoms with van der Waals surface area (Å²) >= 11 is 0. The summed E-state index contributed by atoms with van der Waals surface area (Å²) in [5.74, 6) is -0.889. The van der Waals surface area contributed by atoms with E-state index in [2.05, 4.69) is 24.3 Å². The second-order valence-corrected chi connectivity index (χ2v) is 6.30. The van der Waals surface area contributed by atoms with E-state index in [0.29, 0.717) is 6.42 Å². The van der Waals surface area contributed by atoms with Crippen LogP contribution in [0.15, 0.2) is 18.2 Å². The Hall–Kier alpha value is -1.00. The third kappa shape index (κ3) is 3.27. The molecule has 1 N–H and O–H groups in total. The van der Waals surface area contributed by atoms with E-state index in [4.69, 9.17) is 0 Å². The number of rotatable bonds is 5. The molecule has 1 aliphatic rings. The lowest BCUT2D eigenvalue weighted by atomic mass is 9.73. The molecule has 2 nitrogen and oxygen atoms in total. The van der Waals surface area contributed by atoms with Gasteiger partial charge < -0.3 is 10.2 Å². The van der Waals surface area contributed by atoms with E-state index in [0.717, 1.165) is 12.8 Å². The van der Waals surface area contributed by atoms with Crippen molar-refractivity contribution in [2.24, 2.45) is 0 Å². The summed E-state index contributed by atoms with van der Waals surface area (Å²) in [7, 11) is 6.05. The van der Waals surface area contributed by atoms with Crippen molar-refractivity contribution in [2.75, 3.05) is 21.1 Å². The normalized spacial score (nSPS) is 19.7. The standard InChI is InChI=1S/C17H26F2N2/c1-20-16(12-13-14(18)8-7-9-15(13)19)17(21(2)3)10-5-4-6-11-17/h7-9,16,20H,4-6,10-12H2,1-3H3. The maximum Gasteiger partial charge on any atom is 0.129 e. The van der Waals surface area contributed by atoms with Crippen LogP contribution in [0.4, 0.5) is 8.78 Å². The molecule has 1 aromatic rings. The highest BCUT2D eigenvalue weighted by Gasteiger charge is 2.41. The molecule has 1 aliphatic carbocycles. The zero-order valence-corrected chi connectivity index (χ0v) is 13.3. The molecule has 0 radical (unpaired) electrons. The van der Waals surface area contributed by atoms with E-state index in [1.54, 1.807) is 0 Å². The van der Waals surface area contributed by atoms with E-state index in [1.165, 1.54) is 37.5 Å². The van der Waals surface area contributed by atoms with E-state index in [1.807, 2.05) is 7.05 Å². The minimum atomic E-state index is -0.444. The molecule has 0 spiro atoms. The van der Waals surface area contributed by atoms with Gasteiger partial charge in [0.1, 0.15) is 11.6 Å².